The van der Waals surface area contributed by atoms with E-state index in [1.807, 2.05) is 66.7 Å². The lowest BCUT2D eigenvalue weighted by Crippen LogP contribution is -2.29. The molecule has 0 spiro atoms. The molecule has 0 bridgehead atoms. The third kappa shape index (κ3) is 6.54. The normalized spacial score (nSPS) is 15.2. The van der Waals surface area contributed by atoms with Crippen LogP contribution in [0.2, 0.25) is 0 Å². The van der Waals surface area contributed by atoms with E-state index < -0.39 is 0 Å². The van der Waals surface area contributed by atoms with Crippen molar-refractivity contribution in [2.45, 2.75) is 32.2 Å². The van der Waals surface area contributed by atoms with Crippen LogP contribution in [0.5, 0.6) is 0 Å². The van der Waals surface area contributed by atoms with Crippen LogP contribution in [0.15, 0.2) is 65.6 Å². The smallest absolute Gasteiger partial charge is 0.266 e. The highest BCUT2D eigenvalue weighted by molar-refractivity contribution is 8.26. The van der Waals surface area contributed by atoms with Crippen LogP contribution in [-0.2, 0) is 16.1 Å². The van der Waals surface area contributed by atoms with Crippen molar-refractivity contribution in [3.05, 3.63) is 76.7 Å². The average Bonchev–Trinajstić information content (AvgIpc) is 3.00. The van der Waals surface area contributed by atoms with E-state index in [9.17, 15) is 9.59 Å². The predicted molar refractivity (Wildman–Crippen MR) is 123 cm³/mol. The molecule has 1 fully saturated rings. The van der Waals surface area contributed by atoms with Gasteiger partial charge in [0.15, 0.2) is 0 Å². The number of amides is 2. The Bertz CT molecular complexity index is 882. The molecule has 2 aromatic carbocycles. The standard InChI is InChI=1S/C23H24N2O2S2/c26-21(24-17-19-12-6-2-7-13-19)14-8-3-9-15-25-22(27)20(29-23(25)28)16-18-10-4-1-5-11-18/h1-2,4-7,10-13,16H,3,8-9,14-15,17H2,(H,24,26)/b20-16-. The SMILES string of the molecule is O=C(CCCCCN1C(=O)/C(=C/c2ccccc2)SC1=S)NCc1ccccc1. The van der Waals surface area contributed by atoms with E-state index >= 15 is 0 Å². The van der Waals surface area contributed by atoms with Crippen molar-refractivity contribution in [3.8, 4) is 0 Å². The third-order valence-corrected chi connectivity index (χ3v) is 5.97. The van der Waals surface area contributed by atoms with Gasteiger partial charge in [-0.3, -0.25) is 14.5 Å². The number of nitrogens with one attached hydrogen (secondary N) is 1. The van der Waals surface area contributed by atoms with Gasteiger partial charge >= 0.3 is 0 Å². The molecule has 0 atom stereocenters. The number of unbranched alkanes of at least 4 members (excludes halogenated alkanes) is 2. The quantitative estimate of drug-likeness (QED) is 0.358. The minimum atomic E-state index is -0.0237. The Morgan fingerprint density at radius 3 is 2.41 bits per heavy atom. The van der Waals surface area contributed by atoms with Crippen LogP contribution in [0.25, 0.3) is 6.08 Å². The van der Waals surface area contributed by atoms with Crippen LogP contribution in [-0.4, -0.2) is 27.6 Å². The molecule has 0 radical (unpaired) electrons. The van der Waals surface area contributed by atoms with Gasteiger partial charge in [0.05, 0.1) is 4.91 Å². The Labute approximate surface area is 181 Å². The molecular weight excluding hydrogens is 400 g/mol. The van der Waals surface area contributed by atoms with Gasteiger partial charge in [-0.25, -0.2) is 0 Å². The Morgan fingerprint density at radius 2 is 1.69 bits per heavy atom. The minimum Gasteiger partial charge on any atom is -0.352 e. The molecule has 0 aliphatic carbocycles. The second-order valence-electron chi connectivity index (χ2n) is 6.82. The highest BCUT2D eigenvalue weighted by atomic mass is 32.2. The summed E-state index contributed by atoms with van der Waals surface area (Å²) in [6.45, 7) is 1.16. The number of hydrogen-bond acceptors (Lipinski definition) is 4. The zero-order valence-electron chi connectivity index (χ0n) is 16.2. The molecule has 29 heavy (non-hydrogen) atoms. The zero-order valence-corrected chi connectivity index (χ0v) is 17.8. The van der Waals surface area contributed by atoms with Crippen LogP contribution < -0.4 is 5.32 Å². The van der Waals surface area contributed by atoms with Crippen molar-refractivity contribution in [1.82, 2.24) is 10.2 Å². The number of nitrogens with zero attached hydrogens (tertiary/aromatic N) is 1. The molecule has 2 aromatic rings. The largest absolute Gasteiger partial charge is 0.352 e. The molecule has 6 heteroatoms. The number of hydrogen-bond donors (Lipinski definition) is 1. The summed E-state index contributed by atoms with van der Waals surface area (Å²) < 4.78 is 0.609. The van der Waals surface area contributed by atoms with Crippen molar-refractivity contribution in [1.29, 1.82) is 0 Å². The van der Waals surface area contributed by atoms with E-state index in [-0.39, 0.29) is 11.8 Å². The van der Waals surface area contributed by atoms with E-state index in [0.717, 1.165) is 30.4 Å². The number of carbonyl (C=O) groups excluding carboxylic acids is 2. The minimum absolute atomic E-state index is 0.0237. The Morgan fingerprint density at radius 1 is 1.00 bits per heavy atom. The van der Waals surface area contributed by atoms with Crippen LogP contribution in [0.1, 0.15) is 36.8 Å². The Kier molecular flexibility index (Phi) is 8.02. The molecule has 4 nitrogen and oxygen atoms in total. The van der Waals surface area contributed by atoms with Gasteiger partial charge in [0.25, 0.3) is 5.91 Å². The number of benzene rings is 2. The van der Waals surface area contributed by atoms with Gasteiger partial charge in [0.1, 0.15) is 4.32 Å². The fraction of sp³-hybridized carbons (Fsp3) is 0.261. The molecular formula is C23H24N2O2S2. The van der Waals surface area contributed by atoms with Gasteiger partial charge in [0.2, 0.25) is 5.91 Å². The molecule has 1 aliphatic rings. The molecule has 0 unspecified atom stereocenters. The van der Waals surface area contributed by atoms with Crippen molar-refractivity contribution < 1.29 is 9.59 Å². The molecule has 150 valence electrons. The number of thioether (sulfide) groups is 1. The first-order valence-corrected chi connectivity index (χ1v) is 11.0. The topological polar surface area (TPSA) is 49.4 Å². The summed E-state index contributed by atoms with van der Waals surface area (Å²) in [6, 6.07) is 19.7. The molecule has 2 amide bonds. The van der Waals surface area contributed by atoms with Gasteiger partial charge in [-0.15, -0.1) is 0 Å². The summed E-state index contributed by atoms with van der Waals surface area (Å²) in [7, 11) is 0. The van der Waals surface area contributed by atoms with Crippen LogP contribution in [0, 0.1) is 0 Å². The maximum atomic E-state index is 12.6. The highest BCUT2D eigenvalue weighted by Crippen LogP contribution is 2.32. The fourth-order valence-electron chi connectivity index (χ4n) is 3.01. The highest BCUT2D eigenvalue weighted by Gasteiger charge is 2.31. The first-order chi connectivity index (χ1) is 14.1. The summed E-state index contributed by atoms with van der Waals surface area (Å²) in [5.74, 6) is 0.0368. The van der Waals surface area contributed by atoms with Crippen molar-refractivity contribution in [2.75, 3.05) is 6.54 Å². The summed E-state index contributed by atoms with van der Waals surface area (Å²) in [4.78, 5) is 26.9. The molecule has 1 saturated heterocycles. The molecule has 1 aliphatic heterocycles. The number of rotatable bonds is 9. The first kappa shape index (κ1) is 21.3. The van der Waals surface area contributed by atoms with Gasteiger partial charge in [-0.2, -0.15) is 0 Å². The zero-order chi connectivity index (χ0) is 20.5. The van der Waals surface area contributed by atoms with Crippen LogP contribution >= 0.6 is 24.0 Å². The molecule has 1 N–H and O–H groups in total. The number of thiocarbonyl (C=S) groups is 1. The lowest BCUT2D eigenvalue weighted by molar-refractivity contribution is -0.123. The van der Waals surface area contributed by atoms with E-state index in [1.165, 1.54) is 11.8 Å². The third-order valence-electron chi connectivity index (χ3n) is 4.59. The van der Waals surface area contributed by atoms with Gasteiger partial charge in [-0.1, -0.05) is 91.1 Å². The van der Waals surface area contributed by atoms with Crippen molar-refractivity contribution in [2.24, 2.45) is 0 Å². The Balaban J connectivity index is 1.36. The summed E-state index contributed by atoms with van der Waals surface area (Å²) in [5.41, 5.74) is 2.09. The molecule has 0 saturated carbocycles. The van der Waals surface area contributed by atoms with Gasteiger partial charge in [0, 0.05) is 19.5 Å². The van der Waals surface area contributed by atoms with Crippen LogP contribution in [0.3, 0.4) is 0 Å². The summed E-state index contributed by atoms with van der Waals surface area (Å²) >= 11 is 6.73. The van der Waals surface area contributed by atoms with Crippen LogP contribution in [0.4, 0.5) is 0 Å². The molecule has 1 heterocycles. The van der Waals surface area contributed by atoms with E-state index in [1.54, 1.807) is 4.90 Å². The van der Waals surface area contributed by atoms with E-state index in [4.69, 9.17) is 12.2 Å². The maximum Gasteiger partial charge on any atom is 0.266 e. The lowest BCUT2D eigenvalue weighted by atomic mass is 10.1. The molecule has 3 rings (SSSR count). The van der Waals surface area contributed by atoms with Gasteiger partial charge < -0.3 is 5.32 Å². The van der Waals surface area contributed by atoms with E-state index in [2.05, 4.69) is 5.32 Å². The van der Waals surface area contributed by atoms with Crippen molar-refractivity contribution in [3.63, 3.8) is 0 Å². The van der Waals surface area contributed by atoms with Crippen molar-refractivity contribution >= 4 is 46.2 Å². The lowest BCUT2D eigenvalue weighted by Gasteiger charge is -2.14. The number of carbonyl (C=O) groups is 2. The molecule has 0 aromatic heterocycles. The van der Waals surface area contributed by atoms with Gasteiger partial charge in [-0.05, 0) is 30.0 Å². The summed E-state index contributed by atoms with van der Waals surface area (Å²) in [6.07, 6.45) is 4.90. The second-order valence-corrected chi connectivity index (χ2v) is 8.49. The average molecular weight is 425 g/mol. The second kappa shape index (κ2) is 10.9. The van der Waals surface area contributed by atoms with E-state index in [0.29, 0.717) is 28.7 Å². The maximum absolute atomic E-state index is 12.6. The Hall–Kier alpha value is -2.44. The monoisotopic (exact) mass is 424 g/mol. The first-order valence-electron chi connectivity index (χ1n) is 9.74. The fourth-order valence-corrected chi connectivity index (χ4v) is 4.32. The summed E-state index contributed by atoms with van der Waals surface area (Å²) in [5, 5.41) is 2.94. The predicted octanol–water partition coefficient (Wildman–Crippen LogP) is 4.76.